The summed E-state index contributed by atoms with van der Waals surface area (Å²) in [5, 5.41) is 2.06. The normalized spacial score (nSPS) is 28.1. The van der Waals surface area contributed by atoms with Crippen molar-refractivity contribution in [2.24, 2.45) is 0 Å². The van der Waals surface area contributed by atoms with E-state index in [9.17, 15) is 4.79 Å². The molecule has 0 aromatic rings. The van der Waals surface area contributed by atoms with Crippen molar-refractivity contribution < 1.29 is 4.79 Å². The minimum Gasteiger partial charge on any atom is -0.300 e. The molecule has 0 aromatic carbocycles. The molecular weight excluding hydrogens is 128 g/mol. The highest BCUT2D eigenvalue weighted by Gasteiger charge is 2.41. The molecule has 1 aliphatic rings. The van der Waals surface area contributed by atoms with E-state index < -0.39 is 0 Å². The largest absolute Gasteiger partial charge is 0.300 e. The van der Waals surface area contributed by atoms with E-state index in [0.717, 1.165) is 6.54 Å². The number of hydrogen-bond donors (Lipinski definition) is 1. The van der Waals surface area contributed by atoms with Gasteiger partial charge in [-0.15, -0.1) is 0 Å². The first-order valence-electron chi connectivity index (χ1n) is 3.57. The van der Waals surface area contributed by atoms with E-state index in [1.165, 1.54) is 0 Å². The highest BCUT2D eigenvalue weighted by atomic mass is 16.1. The number of hydrogen-bond acceptors (Lipinski definition) is 3. The maximum Gasteiger partial charge on any atom is 0.131 e. The zero-order valence-corrected chi connectivity index (χ0v) is 6.77. The van der Waals surface area contributed by atoms with Gasteiger partial charge in [-0.25, -0.2) is 10.4 Å². The average molecular weight is 142 g/mol. The fourth-order valence-electron chi connectivity index (χ4n) is 0.910. The molecule has 0 radical (unpaired) electrons. The topological polar surface area (TPSA) is 42.0 Å². The second kappa shape index (κ2) is 2.32. The van der Waals surface area contributed by atoms with Gasteiger partial charge in [0.1, 0.15) is 5.78 Å². The summed E-state index contributed by atoms with van der Waals surface area (Å²) in [6.45, 7) is 6.64. The van der Waals surface area contributed by atoms with E-state index in [1.54, 1.807) is 6.92 Å². The van der Waals surface area contributed by atoms with Crippen molar-refractivity contribution >= 4 is 5.78 Å². The molecule has 1 heterocycles. The van der Waals surface area contributed by atoms with E-state index in [0.29, 0.717) is 6.42 Å². The number of Topliss-reactive ketones (excluding diaryl/α,β-unsaturated/α-hetero) is 1. The summed E-state index contributed by atoms with van der Waals surface area (Å²) in [4.78, 5) is 10.5. The van der Waals surface area contributed by atoms with Gasteiger partial charge in [-0.2, -0.15) is 0 Å². The van der Waals surface area contributed by atoms with Crippen LogP contribution in [0.2, 0.25) is 0 Å². The molecule has 10 heavy (non-hydrogen) atoms. The predicted octanol–water partition coefficient (Wildman–Crippen LogP) is 0.522. The first-order valence-corrected chi connectivity index (χ1v) is 3.57. The Hall–Kier alpha value is -0.410. The number of carbonyl (C=O) groups excluding carboxylic acids is 1. The van der Waals surface area contributed by atoms with E-state index in [2.05, 4.69) is 24.3 Å². The number of nitrogens with zero attached hydrogens (tertiary/aromatic N) is 1. The standard InChI is InChI=1S/C7H14N2O/c1-6(10)4-5-9-7(2,3)8-9/h8H,4-5H2,1-3H3. The van der Waals surface area contributed by atoms with Crippen molar-refractivity contribution in [3.05, 3.63) is 0 Å². The van der Waals surface area contributed by atoms with Crippen LogP contribution in [0.15, 0.2) is 0 Å². The molecule has 1 atom stereocenters. The number of hydrazine groups is 1. The molecule has 1 unspecified atom stereocenters. The molecule has 0 aliphatic carbocycles. The molecule has 1 fully saturated rings. The van der Waals surface area contributed by atoms with Crippen LogP contribution in [-0.4, -0.2) is 23.0 Å². The van der Waals surface area contributed by atoms with Gasteiger partial charge in [0.2, 0.25) is 0 Å². The average Bonchev–Trinajstić information content (AvgIpc) is 2.35. The molecule has 3 heteroatoms. The van der Waals surface area contributed by atoms with E-state index >= 15 is 0 Å². The van der Waals surface area contributed by atoms with Gasteiger partial charge in [0.25, 0.3) is 0 Å². The first-order chi connectivity index (χ1) is 4.52. The Morgan fingerprint density at radius 3 is 2.40 bits per heavy atom. The molecule has 1 saturated heterocycles. The second-order valence-electron chi connectivity index (χ2n) is 3.27. The van der Waals surface area contributed by atoms with Gasteiger partial charge in [-0.3, -0.25) is 4.79 Å². The van der Waals surface area contributed by atoms with Crippen LogP contribution in [0.1, 0.15) is 27.2 Å². The molecule has 58 valence electrons. The highest BCUT2D eigenvalue weighted by molar-refractivity contribution is 5.75. The van der Waals surface area contributed by atoms with Crippen LogP contribution in [0, 0.1) is 0 Å². The van der Waals surface area contributed by atoms with Crippen molar-refractivity contribution in [1.29, 1.82) is 0 Å². The van der Waals surface area contributed by atoms with E-state index in [4.69, 9.17) is 0 Å². The molecule has 0 aromatic heterocycles. The van der Waals surface area contributed by atoms with Gasteiger partial charge in [-0.1, -0.05) is 0 Å². The third-order valence-corrected chi connectivity index (χ3v) is 1.72. The van der Waals surface area contributed by atoms with Crippen molar-refractivity contribution in [3.63, 3.8) is 0 Å². The first kappa shape index (κ1) is 7.69. The Morgan fingerprint density at radius 2 is 2.10 bits per heavy atom. The molecule has 3 nitrogen and oxygen atoms in total. The van der Waals surface area contributed by atoms with Crippen LogP contribution in [0.5, 0.6) is 0 Å². The summed E-state index contributed by atoms with van der Waals surface area (Å²) in [6, 6.07) is 0. The molecule has 1 rings (SSSR count). The zero-order valence-electron chi connectivity index (χ0n) is 6.77. The molecule has 0 bridgehead atoms. The van der Waals surface area contributed by atoms with Crippen molar-refractivity contribution in [2.75, 3.05) is 6.54 Å². The van der Waals surface area contributed by atoms with Crippen LogP contribution < -0.4 is 5.43 Å². The molecular formula is C7H14N2O. The lowest BCUT2D eigenvalue weighted by atomic mass is 10.3. The van der Waals surface area contributed by atoms with Crippen LogP contribution in [0.3, 0.4) is 0 Å². The maximum atomic E-state index is 10.5. The molecule has 1 N–H and O–H groups in total. The van der Waals surface area contributed by atoms with Crippen molar-refractivity contribution in [1.82, 2.24) is 10.4 Å². The number of ketones is 1. The lowest BCUT2D eigenvalue weighted by Gasteiger charge is -1.99. The van der Waals surface area contributed by atoms with Crippen LogP contribution in [0.25, 0.3) is 0 Å². The number of rotatable bonds is 3. The monoisotopic (exact) mass is 142 g/mol. The summed E-state index contributed by atoms with van der Waals surface area (Å²) in [5.41, 5.74) is 3.28. The van der Waals surface area contributed by atoms with Crippen LogP contribution in [-0.2, 0) is 4.79 Å². The maximum absolute atomic E-state index is 10.5. The number of carbonyl (C=O) groups is 1. The van der Waals surface area contributed by atoms with E-state index in [1.807, 2.05) is 0 Å². The summed E-state index contributed by atoms with van der Waals surface area (Å²) in [5.74, 6) is 0.254. The zero-order chi connectivity index (χ0) is 7.78. The van der Waals surface area contributed by atoms with E-state index in [-0.39, 0.29) is 11.4 Å². The highest BCUT2D eigenvalue weighted by Crippen LogP contribution is 2.22. The molecule has 1 aliphatic heterocycles. The van der Waals surface area contributed by atoms with Crippen LogP contribution >= 0.6 is 0 Å². The third-order valence-electron chi connectivity index (χ3n) is 1.72. The fraction of sp³-hybridized carbons (Fsp3) is 0.857. The molecule has 0 saturated carbocycles. The Morgan fingerprint density at radius 1 is 1.60 bits per heavy atom. The smallest absolute Gasteiger partial charge is 0.131 e. The lowest BCUT2D eigenvalue weighted by Crippen LogP contribution is -2.12. The SMILES string of the molecule is CC(=O)CCN1NC1(C)C. The minimum atomic E-state index is 0.134. The molecule has 0 spiro atoms. The van der Waals surface area contributed by atoms with Crippen molar-refractivity contribution in [3.8, 4) is 0 Å². The van der Waals surface area contributed by atoms with Gasteiger partial charge in [0.15, 0.2) is 0 Å². The lowest BCUT2D eigenvalue weighted by molar-refractivity contribution is -0.117. The van der Waals surface area contributed by atoms with Gasteiger partial charge in [0.05, 0.1) is 5.66 Å². The Bertz CT molecular complexity index is 154. The summed E-state index contributed by atoms with van der Waals surface area (Å²) < 4.78 is 0. The third kappa shape index (κ3) is 1.78. The number of nitrogens with one attached hydrogen (secondary N) is 1. The predicted molar refractivity (Wildman–Crippen MR) is 39.2 cm³/mol. The van der Waals surface area contributed by atoms with Gasteiger partial charge < -0.3 is 0 Å². The van der Waals surface area contributed by atoms with Crippen molar-refractivity contribution in [2.45, 2.75) is 32.9 Å². The second-order valence-corrected chi connectivity index (χ2v) is 3.27. The summed E-state index contributed by atoms with van der Waals surface area (Å²) in [6.07, 6.45) is 0.649. The van der Waals surface area contributed by atoms with Gasteiger partial charge in [0, 0.05) is 13.0 Å². The quantitative estimate of drug-likeness (QED) is 0.584. The summed E-state index contributed by atoms with van der Waals surface area (Å²) >= 11 is 0. The van der Waals surface area contributed by atoms with Gasteiger partial charge >= 0.3 is 0 Å². The Balaban J connectivity index is 2.13. The fourth-order valence-corrected chi connectivity index (χ4v) is 0.910. The molecule has 0 amide bonds. The Kier molecular flexibility index (Phi) is 1.79. The Labute approximate surface area is 61.4 Å². The minimum absolute atomic E-state index is 0.134. The van der Waals surface area contributed by atoms with Crippen LogP contribution in [0.4, 0.5) is 0 Å². The summed E-state index contributed by atoms with van der Waals surface area (Å²) in [7, 11) is 0. The van der Waals surface area contributed by atoms with Gasteiger partial charge in [-0.05, 0) is 20.8 Å².